The summed E-state index contributed by atoms with van der Waals surface area (Å²) in [6, 6.07) is 12.8. The average molecular weight is 304 g/mol. The van der Waals surface area contributed by atoms with Crippen molar-refractivity contribution in [1.29, 1.82) is 0 Å². The van der Waals surface area contributed by atoms with Crippen molar-refractivity contribution >= 4 is 23.2 Å². The maximum absolute atomic E-state index is 12.2. The molecule has 1 amide bonds. The van der Waals surface area contributed by atoms with Gasteiger partial charge in [0.25, 0.3) is 5.91 Å². The van der Waals surface area contributed by atoms with E-state index in [0.717, 1.165) is 16.8 Å². The molecule has 2 rings (SSSR count). The van der Waals surface area contributed by atoms with E-state index in [0.29, 0.717) is 10.8 Å². The lowest BCUT2D eigenvalue weighted by atomic mass is 10.1. The van der Waals surface area contributed by atoms with Crippen LogP contribution in [0.1, 0.15) is 18.1 Å². The molecule has 0 radical (unpaired) electrons. The van der Waals surface area contributed by atoms with Crippen LogP contribution in [0.15, 0.2) is 42.5 Å². The molecule has 0 aliphatic carbocycles. The summed E-state index contributed by atoms with van der Waals surface area (Å²) in [6.07, 6.45) is -0.591. The van der Waals surface area contributed by atoms with E-state index in [1.807, 2.05) is 32.0 Å². The highest BCUT2D eigenvalue weighted by atomic mass is 35.5. The van der Waals surface area contributed by atoms with Crippen LogP contribution in [-0.2, 0) is 4.79 Å². The number of rotatable bonds is 4. The number of carbonyl (C=O) groups excluding carboxylic acids is 1. The van der Waals surface area contributed by atoms with Crippen LogP contribution in [0.2, 0.25) is 5.02 Å². The number of carbonyl (C=O) groups is 1. The number of benzene rings is 2. The number of anilines is 1. The highest BCUT2D eigenvalue weighted by Crippen LogP contribution is 2.19. The maximum Gasteiger partial charge on any atom is 0.265 e. The van der Waals surface area contributed by atoms with Gasteiger partial charge in [-0.15, -0.1) is 0 Å². The van der Waals surface area contributed by atoms with Crippen molar-refractivity contribution in [2.24, 2.45) is 0 Å². The number of nitrogens with one attached hydrogen (secondary N) is 1. The SMILES string of the molecule is Cc1ccc(NC(=O)[C@@H](C)Oc2ccc(Cl)cc2)c(C)c1. The minimum atomic E-state index is -0.591. The molecule has 0 aliphatic heterocycles. The zero-order valence-electron chi connectivity index (χ0n) is 12.3. The number of hydrogen-bond donors (Lipinski definition) is 1. The van der Waals surface area contributed by atoms with Crippen molar-refractivity contribution < 1.29 is 9.53 Å². The summed E-state index contributed by atoms with van der Waals surface area (Å²) in [5, 5.41) is 3.51. The standard InChI is InChI=1S/C17H18ClNO2/c1-11-4-9-16(12(2)10-11)19-17(20)13(3)21-15-7-5-14(18)6-8-15/h4-10,13H,1-3H3,(H,19,20)/t13-/m1/s1. The van der Waals surface area contributed by atoms with Crippen LogP contribution >= 0.6 is 11.6 Å². The molecule has 1 atom stereocenters. The Morgan fingerprint density at radius 1 is 1.14 bits per heavy atom. The first-order valence-corrected chi connectivity index (χ1v) is 7.14. The van der Waals surface area contributed by atoms with Gasteiger partial charge >= 0.3 is 0 Å². The van der Waals surface area contributed by atoms with Gasteiger partial charge in [-0.3, -0.25) is 4.79 Å². The minimum absolute atomic E-state index is 0.183. The van der Waals surface area contributed by atoms with Crippen LogP contribution in [-0.4, -0.2) is 12.0 Å². The lowest BCUT2D eigenvalue weighted by Gasteiger charge is -2.16. The number of hydrogen-bond acceptors (Lipinski definition) is 2. The van der Waals surface area contributed by atoms with Gasteiger partial charge in [0.05, 0.1) is 0 Å². The fourth-order valence-corrected chi connectivity index (χ4v) is 2.09. The van der Waals surface area contributed by atoms with Gasteiger partial charge in [-0.2, -0.15) is 0 Å². The lowest BCUT2D eigenvalue weighted by Crippen LogP contribution is -2.30. The van der Waals surface area contributed by atoms with E-state index in [1.165, 1.54) is 0 Å². The average Bonchev–Trinajstić information content (AvgIpc) is 2.44. The number of amides is 1. The van der Waals surface area contributed by atoms with Crippen molar-refractivity contribution in [2.45, 2.75) is 26.9 Å². The molecule has 4 heteroatoms. The molecule has 0 aromatic heterocycles. The summed E-state index contributed by atoms with van der Waals surface area (Å²) in [5.74, 6) is 0.430. The Morgan fingerprint density at radius 2 is 1.81 bits per heavy atom. The predicted octanol–water partition coefficient (Wildman–Crippen LogP) is 4.36. The summed E-state index contributed by atoms with van der Waals surface area (Å²) in [7, 11) is 0. The maximum atomic E-state index is 12.2. The van der Waals surface area contributed by atoms with Crippen LogP contribution in [0, 0.1) is 13.8 Å². The first kappa shape index (κ1) is 15.4. The molecule has 2 aromatic carbocycles. The quantitative estimate of drug-likeness (QED) is 0.911. The summed E-state index contributed by atoms with van der Waals surface area (Å²) in [6.45, 7) is 5.70. The van der Waals surface area contributed by atoms with E-state index in [4.69, 9.17) is 16.3 Å². The van der Waals surface area contributed by atoms with E-state index in [1.54, 1.807) is 31.2 Å². The highest BCUT2D eigenvalue weighted by molar-refractivity contribution is 6.30. The van der Waals surface area contributed by atoms with Gasteiger partial charge in [0.2, 0.25) is 0 Å². The molecular weight excluding hydrogens is 286 g/mol. The van der Waals surface area contributed by atoms with Gasteiger partial charge in [0, 0.05) is 10.7 Å². The normalized spacial score (nSPS) is 11.8. The highest BCUT2D eigenvalue weighted by Gasteiger charge is 2.15. The Balaban J connectivity index is 2.00. The molecule has 0 heterocycles. The molecule has 110 valence electrons. The second kappa shape index (κ2) is 6.64. The van der Waals surface area contributed by atoms with E-state index in [9.17, 15) is 4.79 Å². The second-order valence-corrected chi connectivity index (χ2v) is 5.46. The van der Waals surface area contributed by atoms with Crippen LogP contribution in [0.4, 0.5) is 5.69 Å². The first-order valence-electron chi connectivity index (χ1n) is 6.76. The van der Waals surface area contributed by atoms with Crippen molar-refractivity contribution in [3.63, 3.8) is 0 Å². The smallest absolute Gasteiger partial charge is 0.265 e. The summed E-state index contributed by atoms with van der Waals surface area (Å²) >= 11 is 5.81. The Labute approximate surface area is 129 Å². The van der Waals surface area contributed by atoms with Crippen molar-refractivity contribution in [3.05, 3.63) is 58.6 Å². The monoisotopic (exact) mass is 303 g/mol. The van der Waals surface area contributed by atoms with Crippen molar-refractivity contribution in [2.75, 3.05) is 5.32 Å². The van der Waals surface area contributed by atoms with Gasteiger partial charge < -0.3 is 10.1 Å². The molecule has 0 spiro atoms. The molecule has 3 nitrogen and oxygen atoms in total. The Hall–Kier alpha value is -2.00. The van der Waals surface area contributed by atoms with Crippen LogP contribution < -0.4 is 10.1 Å². The van der Waals surface area contributed by atoms with Crippen molar-refractivity contribution in [1.82, 2.24) is 0 Å². The zero-order chi connectivity index (χ0) is 15.4. The molecule has 0 aliphatic rings. The van der Waals surface area contributed by atoms with Gasteiger partial charge in [0.15, 0.2) is 6.10 Å². The van der Waals surface area contributed by atoms with E-state index < -0.39 is 6.10 Å². The molecule has 2 aromatic rings. The van der Waals surface area contributed by atoms with E-state index in [2.05, 4.69) is 5.32 Å². The number of aryl methyl sites for hydroxylation is 2. The van der Waals surface area contributed by atoms with Crippen LogP contribution in [0.25, 0.3) is 0 Å². The fraction of sp³-hybridized carbons (Fsp3) is 0.235. The molecule has 0 saturated heterocycles. The third-order valence-corrected chi connectivity index (χ3v) is 3.39. The molecule has 0 unspecified atom stereocenters. The predicted molar refractivity (Wildman–Crippen MR) is 86.1 cm³/mol. The Bertz CT molecular complexity index is 638. The van der Waals surface area contributed by atoms with Gasteiger partial charge in [-0.1, -0.05) is 29.3 Å². The third-order valence-electron chi connectivity index (χ3n) is 3.14. The molecule has 0 bridgehead atoms. The Kier molecular flexibility index (Phi) is 4.86. The van der Waals surface area contributed by atoms with Crippen LogP contribution in [0.3, 0.4) is 0 Å². The van der Waals surface area contributed by atoms with Crippen LogP contribution in [0.5, 0.6) is 5.75 Å². The van der Waals surface area contributed by atoms with E-state index in [-0.39, 0.29) is 5.91 Å². The van der Waals surface area contributed by atoms with Gasteiger partial charge in [0.1, 0.15) is 5.75 Å². The van der Waals surface area contributed by atoms with Gasteiger partial charge in [-0.25, -0.2) is 0 Å². The molecule has 1 N–H and O–H groups in total. The number of ether oxygens (including phenoxy) is 1. The minimum Gasteiger partial charge on any atom is -0.481 e. The molecule has 0 fully saturated rings. The topological polar surface area (TPSA) is 38.3 Å². The molecule has 21 heavy (non-hydrogen) atoms. The molecule has 0 saturated carbocycles. The summed E-state index contributed by atoms with van der Waals surface area (Å²) < 4.78 is 5.60. The lowest BCUT2D eigenvalue weighted by molar-refractivity contribution is -0.122. The summed E-state index contributed by atoms with van der Waals surface area (Å²) in [4.78, 5) is 12.2. The largest absolute Gasteiger partial charge is 0.481 e. The zero-order valence-corrected chi connectivity index (χ0v) is 13.1. The van der Waals surface area contributed by atoms with Crippen molar-refractivity contribution in [3.8, 4) is 5.75 Å². The van der Waals surface area contributed by atoms with Gasteiger partial charge in [-0.05, 0) is 56.7 Å². The Morgan fingerprint density at radius 3 is 2.43 bits per heavy atom. The summed E-state index contributed by atoms with van der Waals surface area (Å²) in [5.41, 5.74) is 3.00. The van der Waals surface area contributed by atoms with E-state index >= 15 is 0 Å². The second-order valence-electron chi connectivity index (χ2n) is 5.02. The fourth-order valence-electron chi connectivity index (χ4n) is 1.96. The first-order chi connectivity index (χ1) is 9.95. The third kappa shape index (κ3) is 4.23. The molecular formula is C17H18ClNO2. The number of halogens is 1.